The van der Waals surface area contributed by atoms with E-state index in [4.69, 9.17) is 5.11 Å². The number of aromatic carboxylic acids is 1. The van der Waals surface area contributed by atoms with Gasteiger partial charge in [-0.25, -0.2) is 14.8 Å². The summed E-state index contributed by atoms with van der Waals surface area (Å²) in [4.78, 5) is 22.9. The minimum absolute atomic E-state index is 0.118. The zero-order chi connectivity index (χ0) is 11.5. The summed E-state index contributed by atoms with van der Waals surface area (Å²) in [5, 5.41) is 8.83. The maximum Gasteiger partial charge on any atom is 0.339 e. The van der Waals surface area contributed by atoms with Gasteiger partial charge in [0.2, 0.25) is 0 Å². The molecule has 1 N–H and O–H groups in total. The fraction of sp³-hybridized carbons (Fsp3) is 0.0909. The molecule has 2 aromatic heterocycles. The van der Waals surface area contributed by atoms with Crippen LogP contribution >= 0.6 is 0 Å². The Labute approximate surface area is 91.8 Å². The first kappa shape index (κ1) is 10.2. The predicted octanol–water partition coefficient (Wildman–Crippen LogP) is 1.55. The second-order valence-corrected chi connectivity index (χ2v) is 3.24. The van der Waals surface area contributed by atoms with Gasteiger partial charge < -0.3 is 5.11 Å². The molecule has 16 heavy (non-hydrogen) atoms. The maximum atomic E-state index is 10.8. The average molecular weight is 215 g/mol. The number of hydrogen-bond donors (Lipinski definition) is 1. The van der Waals surface area contributed by atoms with E-state index < -0.39 is 5.97 Å². The summed E-state index contributed by atoms with van der Waals surface area (Å²) in [5.41, 5.74) is 1.33. The van der Waals surface area contributed by atoms with Crippen molar-refractivity contribution < 1.29 is 9.90 Å². The van der Waals surface area contributed by atoms with E-state index in [0.717, 1.165) is 5.56 Å². The molecule has 0 aliphatic rings. The molecular weight excluding hydrogens is 206 g/mol. The van der Waals surface area contributed by atoms with Crippen LogP contribution in [0.2, 0.25) is 0 Å². The second kappa shape index (κ2) is 4.06. The first-order valence-electron chi connectivity index (χ1n) is 4.66. The topological polar surface area (TPSA) is 76.0 Å². The number of hydrogen-bond acceptors (Lipinski definition) is 4. The van der Waals surface area contributed by atoms with Crippen LogP contribution in [0.15, 0.2) is 30.7 Å². The van der Waals surface area contributed by atoms with Crippen molar-refractivity contribution in [3.63, 3.8) is 0 Å². The molecule has 5 nitrogen and oxygen atoms in total. The monoisotopic (exact) mass is 215 g/mol. The van der Waals surface area contributed by atoms with Crippen molar-refractivity contribution in [3.05, 3.63) is 42.0 Å². The van der Waals surface area contributed by atoms with E-state index in [1.165, 1.54) is 6.20 Å². The van der Waals surface area contributed by atoms with Gasteiger partial charge in [0.1, 0.15) is 0 Å². The van der Waals surface area contributed by atoms with E-state index >= 15 is 0 Å². The van der Waals surface area contributed by atoms with E-state index in [1.807, 2.05) is 6.07 Å². The van der Waals surface area contributed by atoms with Crippen molar-refractivity contribution in [2.24, 2.45) is 0 Å². The summed E-state index contributed by atoms with van der Waals surface area (Å²) >= 11 is 0. The molecule has 0 spiro atoms. The van der Waals surface area contributed by atoms with E-state index in [9.17, 15) is 4.79 Å². The van der Waals surface area contributed by atoms with E-state index in [2.05, 4.69) is 15.0 Å². The van der Waals surface area contributed by atoms with Gasteiger partial charge in [0, 0.05) is 24.2 Å². The Morgan fingerprint density at radius 3 is 2.75 bits per heavy atom. The van der Waals surface area contributed by atoms with Crippen molar-refractivity contribution in [3.8, 4) is 11.4 Å². The fourth-order valence-electron chi connectivity index (χ4n) is 1.31. The molecule has 0 unspecified atom stereocenters. The molecule has 0 amide bonds. The van der Waals surface area contributed by atoms with Crippen molar-refractivity contribution in [2.75, 3.05) is 0 Å². The Bertz CT molecular complexity index is 526. The van der Waals surface area contributed by atoms with E-state index in [0.29, 0.717) is 11.5 Å². The largest absolute Gasteiger partial charge is 0.478 e. The molecule has 0 saturated carbocycles. The summed E-state index contributed by atoms with van der Waals surface area (Å²) in [5.74, 6) is -0.536. The van der Waals surface area contributed by atoms with Gasteiger partial charge in [-0.3, -0.25) is 4.98 Å². The minimum atomic E-state index is -1.02. The van der Waals surface area contributed by atoms with Gasteiger partial charge in [-0.2, -0.15) is 0 Å². The van der Waals surface area contributed by atoms with Crippen LogP contribution in [-0.2, 0) is 0 Å². The van der Waals surface area contributed by atoms with Gasteiger partial charge in [-0.1, -0.05) is 0 Å². The van der Waals surface area contributed by atoms with Gasteiger partial charge in [0.25, 0.3) is 0 Å². The number of carboxylic acid groups (broad SMARTS) is 1. The molecule has 0 bridgehead atoms. The molecule has 0 atom stereocenters. The number of carboxylic acids is 1. The Hall–Kier alpha value is -2.30. The van der Waals surface area contributed by atoms with Crippen LogP contribution in [0.25, 0.3) is 11.4 Å². The smallest absolute Gasteiger partial charge is 0.339 e. The molecule has 0 aliphatic carbocycles. The average Bonchev–Trinajstić information content (AvgIpc) is 2.29. The van der Waals surface area contributed by atoms with Crippen molar-refractivity contribution >= 4 is 5.97 Å². The molecule has 0 radical (unpaired) electrons. The maximum absolute atomic E-state index is 10.8. The first-order valence-corrected chi connectivity index (χ1v) is 4.66. The predicted molar refractivity (Wildman–Crippen MR) is 57.0 cm³/mol. The van der Waals surface area contributed by atoms with Crippen LogP contribution in [0.4, 0.5) is 0 Å². The molecular formula is C11H9N3O2. The Morgan fingerprint density at radius 1 is 1.38 bits per heavy atom. The van der Waals surface area contributed by atoms with Crippen molar-refractivity contribution in [2.45, 2.75) is 6.92 Å². The van der Waals surface area contributed by atoms with Crippen molar-refractivity contribution in [1.29, 1.82) is 0 Å². The highest BCUT2D eigenvalue weighted by molar-refractivity contribution is 5.88. The van der Waals surface area contributed by atoms with Crippen molar-refractivity contribution in [1.82, 2.24) is 15.0 Å². The summed E-state index contributed by atoms with van der Waals surface area (Å²) in [7, 11) is 0. The molecule has 0 saturated heterocycles. The zero-order valence-electron chi connectivity index (χ0n) is 8.58. The lowest BCUT2D eigenvalue weighted by molar-refractivity contribution is 0.0695. The normalized spacial score (nSPS) is 10.1. The number of aromatic nitrogens is 3. The number of pyridine rings is 1. The van der Waals surface area contributed by atoms with Crippen LogP contribution in [0.5, 0.6) is 0 Å². The molecule has 0 aromatic carbocycles. The van der Waals surface area contributed by atoms with Crippen LogP contribution < -0.4 is 0 Å². The first-order chi connectivity index (χ1) is 7.68. The van der Waals surface area contributed by atoms with Crippen LogP contribution in [0, 0.1) is 6.92 Å². The molecule has 80 valence electrons. The van der Waals surface area contributed by atoms with Crippen LogP contribution in [-0.4, -0.2) is 26.0 Å². The van der Waals surface area contributed by atoms with Crippen LogP contribution in [0.3, 0.4) is 0 Å². The Kier molecular flexibility index (Phi) is 2.59. The van der Waals surface area contributed by atoms with E-state index in [1.54, 1.807) is 25.4 Å². The third-order valence-electron chi connectivity index (χ3n) is 2.13. The number of carbonyl (C=O) groups is 1. The lowest BCUT2D eigenvalue weighted by Gasteiger charge is -2.02. The van der Waals surface area contributed by atoms with Gasteiger partial charge in [-0.15, -0.1) is 0 Å². The van der Waals surface area contributed by atoms with E-state index in [-0.39, 0.29) is 5.56 Å². The lowest BCUT2D eigenvalue weighted by atomic mass is 10.2. The van der Waals surface area contributed by atoms with Gasteiger partial charge >= 0.3 is 5.97 Å². The summed E-state index contributed by atoms with van der Waals surface area (Å²) in [6.07, 6.45) is 4.60. The Balaban J connectivity index is 2.46. The molecule has 2 rings (SSSR count). The third kappa shape index (κ3) is 1.88. The third-order valence-corrected chi connectivity index (χ3v) is 2.13. The number of aryl methyl sites for hydroxylation is 1. The minimum Gasteiger partial charge on any atom is -0.478 e. The summed E-state index contributed by atoms with van der Waals surface area (Å²) in [6, 6.07) is 3.60. The lowest BCUT2D eigenvalue weighted by Crippen LogP contribution is -2.04. The zero-order valence-corrected chi connectivity index (χ0v) is 8.58. The molecule has 2 heterocycles. The van der Waals surface area contributed by atoms with Gasteiger partial charge in [0.15, 0.2) is 5.82 Å². The SMILES string of the molecule is Cc1nc(-c2cccnc2)ncc1C(=O)O. The molecule has 2 aromatic rings. The molecule has 0 fully saturated rings. The van der Waals surface area contributed by atoms with Gasteiger partial charge in [-0.05, 0) is 19.1 Å². The number of nitrogens with zero attached hydrogens (tertiary/aromatic N) is 3. The molecule has 5 heteroatoms. The standard InChI is InChI=1S/C11H9N3O2/c1-7-9(11(15)16)6-13-10(14-7)8-3-2-4-12-5-8/h2-6H,1H3,(H,15,16). The highest BCUT2D eigenvalue weighted by Crippen LogP contribution is 2.14. The van der Waals surface area contributed by atoms with Gasteiger partial charge in [0.05, 0.1) is 11.3 Å². The highest BCUT2D eigenvalue weighted by Gasteiger charge is 2.10. The molecule has 0 aliphatic heterocycles. The Morgan fingerprint density at radius 2 is 2.19 bits per heavy atom. The summed E-state index contributed by atoms with van der Waals surface area (Å²) < 4.78 is 0. The summed E-state index contributed by atoms with van der Waals surface area (Å²) in [6.45, 7) is 1.64. The fourth-order valence-corrected chi connectivity index (χ4v) is 1.31. The number of rotatable bonds is 2. The second-order valence-electron chi connectivity index (χ2n) is 3.24. The highest BCUT2D eigenvalue weighted by atomic mass is 16.4. The quantitative estimate of drug-likeness (QED) is 0.822. The van der Waals surface area contributed by atoms with Crippen LogP contribution in [0.1, 0.15) is 16.1 Å².